The number of hydrogen-bond donors (Lipinski definition) is 1. The number of carbonyl (C=O) groups is 1. The Hall–Kier alpha value is -4.37. The van der Waals surface area contributed by atoms with E-state index in [0.717, 1.165) is 5.69 Å². The minimum Gasteiger partial charge on any atom is -0.455 e. The maximum Gasteiger partial charge on any atom is 0.269 e. The number of rotatable bonds is 7. The van der Waals surface area contributed by atoms with Crippen molar-refractivity contribution in [1.29, 1.82) is 5.26 Å². The van der Waals surface area contributed by atoms with E-state index in [1.165, 1.54) is 0 Å². The molecule has 0 atom stereocenters. The van der Waals surface area contributed by atoms with Gasteiger partial charge in [-0.15, -0.1) is 0 Å². The number of pyridine rings is 1. The van der Waals surface area contributed by atoms with Crippen molar-refractivity contribution in [2.45, 2.75) is 6.42 Å². The van der Waals surface area contributed by atoms with Gasteiger partial charge in [0.1, 0.15) is 17.5 Å². The van der Waals surface area contributed by atoms with Crippen LogP contribution < -0.4 is 10.1 Å². The molecule has 0 aliphatic rings. The predicted octanol–water partition coefficient (Wildman–Crippen LogP) is 4.51. The zero-order valence-electron chi connectivity index (χ0n) is 16.7. The Morgan fingerprint density at radius 3 is 2.55 bits per heavy atom. The highest BCUT2D eigenvalue weighted by Gasteiger charge is 2.20. The normalized spacial score (nSPS) is 10.3. The minimum absolute atomic E-state index is 0.271. The first-order valence-electron chi connectivity index (χ1n) is 9.88. The lowest BCUT2D eigenvalue weighted by Gasteiger charge is -2.15. The quantitative estimate of drug-likeness (QED) is 0.488. The number of amides is 1. The van der Waals surface area contributed by atoms with E-state index in [-0.39, 0.29) is 11.6 Å². The van der Waals surface area contributed by atoms with Crippen molar-refractivity contribution in [2.24, 2.45) is 0 Å². The molecular formula is C25H20N4O2. The molecule has 0 spiro atoms. The average molecular weight is 408 g/mol. The van der Waals surface area contributed by atoms with E-state index in [1.807, 2.05) is 72.8 Å². The van der Waals surface area contributed by atoms with E-state index in [0.29, 0.717) is 35.7 Å². The molecular weight excluding hydrogens is 388 g/mol. The Morgan fingerprint density at radius 1 is 1.00 bits per heavy atom. The molecule has 0 bridgehead atoms. The van der Waals surface area contributed by atoms with E-state index in [4.69, 9.17) is 4.74 Å². The zero-order valence-corrected chi connectivity index (χ0v) is 16.7. The third-order valence-corrected chi connectivity index (χ3v) is 4.71. The van der Waals surface area contributed by atoms with Gasteiger partial charge in [0.2, 0.25) is 0 Å². The third kappa shape index (κ3) is 4.62. The van der Waals surface area contributed by atoms with E-state index in [9.17, 15) is 10.1 Å². The van der Waals surface area contributed by atoms with Crippen LogP contribution in [0.3, 0.4) is 0 Å². The molecule has 4 aromatic rings. The Morgan fingerprint density at radius 2 is 1.77 bits per heavy atom. The Bertz CT molecular complexity index is 1210. The number of nitrogens with zero attached hydrogens (tertiary/aromatic N) is 3. The summed E-state index contributed by atoms with van der Waals surface area (Å²) in [5, 5.41) is 12.4. The van der Waals surface area contributed by atoms with Crippen molar-refractivity contribution < 1.29 is 9.53 Å². The maximum absolute atomic E-state index is 13.0. The van der Waals surface area contributed by atoms with Crippen LogP contribution >= 0.6 is 0 Å². The van der Waals surface area contributed by atoms with Crippen LogP contribution in [-0.4, -0.2) is 22.0 Å². The number of para-hydroxylation sites is 3. The van der Waals surface area contributed by atoms with Crippen LogP contribution in [0, 0.1) is 11.3 Å². The molecule has 0 fully saturated rings. The standard InChI is InChI=1S/C25H20N4O2/c26-18-19-14-17-29(24(19)25(30)28-16-13-20-8-6-7-15-27-20)22-11-4-5-12-23(22)31-21-9-2-1-3-10-21/h1-12,14-15,17H,13,16H2,(H,28,30). The zero-order chi connectivity index (χ0) is 21.5. The van der Waals surface area contributed by atoms with Crippen molar-refractivity contribution in [3.8, 4) is 23.3 Å². The summed E-state index contributed by atoms with van der Waals surface area (Å²) in [7, 11) is 0. The molecule has 0 aliphatic carbocycles. The fourth-order valence-corrected chi connectivity index (χ4v) is 3.25. The van der Waals surface area contributed by atoms with Crippen molar-refractivity contribution in [2.75, 3.05) is 6.54 Å². The fraction of sp³-hybridized carbons (Fsp3) is 0.0800. The van der Waals surface area contributed by atoms with Gasteiger partial charge in [-0.3, -0.25) is 9.78 Å². The van der Waals surface area contributed by atoms with Crippen LogP contribution in [0.25, 0.3) is 5.69 Å². The molecule has 152 valence electrons. The second-order valence-corrected chi connectivity index (χ2v) is 6.77. The summed E-state index contributed by atoms with van der Waals surface area (Å²) in [4.78, 5) is 17.3. The third-order valence-electron chi connectivity index (χ3n) is 4.71. The first kappa shape index (κ1) is 19.9. The molecule has 2 aromatic heterocycles. The molecule has 0 unspecified atom stereocenters. The molecule has 6 heteroatoms. The highest BCUT2D eigenvalue weighted by molar-refractivity contribution is 5.96. The SMILES string of the molecule is N#Cc1ccn(-c2ccccc2Oc2ccccc2)c1C(=O)NCCc1ccccn1. The lowest BCUT2D eigenvalue weighted by atomic mass is 10.2. The van der Waals surface area contributed by atoms with Crippen LogP contribution in [0.1, 0.15) is 21.7 Å². The van der Waals surface area contributed by atoms with Gasteiger partial charge < -0.3 is 14.6 Å². The van der Waals surface area contributed by atoms with E-state index in [1.54, 1.807) is 23.0 Å². The van der Waals surface area contributed by atoms with Crippen LogP contribution in [0.5, 0.6) is 11.5 Å². The number of aromatic nitrogens is 2. The molecule has 0 saturated carbocycles. The van der Waals surface area contributed by atoms with E-state index in [2.05, 4.69) is 16.4 Å². The second kappa shape index (κ2) is 9.42. The Labute approximate surface area is 180 Å². The van der Waals surface area contributed by atoms with Crippen LogP contribution in [0.4, 0.5) is 0 Å². The predicted molar refractivity (Wildman–Crippen MR) is 117 cm³/mol. The number of nitriles is 1. The van der Waals surface area contributed by atoms with Gasteiger partial charge in [0, 0.05) is 31.1 Å². The van der Waals surface area contributed by atoms with Gasteiger partial charge in [-0.05, 0) is 42.5 Å². The largest absolute Gasteiger partial charge is 0.455 e. The first-order valence-corrected chi connectivity index (χ1v) is 9.88. The summed E-state index contributed by atoms with van der Waals surface area (Å²) < 4.78 is 7.72. The maximum atomic E-state index is 13.0. The van der Waals surface area contributed by atoms with Crippen molar-refractivity contribution >= 4 is 5.91 Å². The number of nitrogens with one attached hydrogen (secondary N) is 1. The molecule has 31 heavy (non-hydrogen) atoms. The summed E-state index contributed by atoms with van der Waals surface area (Å²) in [6.07, 6.45) is 4.03. The van der Waals surface area contributed by atoms with Gasteiger partial charge in [-0.25, -0.2) is 0 Å². The fourth-order valence-electron chi connectivity index (χ4n) is 3.25. The molecule has 4 rings (SSSR count). The number of carbonyl (C=O) groups excluding carboxylic acids is 1. The number of hydrogen-bond acceptors (Lipinski definition) is 4. The Kier molecular flexibility index (Phi) is 6.05. The first-order chi connectivity index (χ1) is 15.3. The molecule has 0 radical (unpaired) electrons. The van der Waals surface area contributed by atoms with Gasteiger partial charge in [0.05, 0.1) is 11.3 Å². The summed E-state index contributed by atoms with van der Waals surface area (Å²) >= 11 is 0. The van der Waals surface area contributed by atoms with Gasteiger partial charge in [-0.2, -0.15) is 5.26 Å². The molecule has 1 N–H and O–H groups in total. The highest BCUT2D eigenvalue weighted by atomic mass is 16.5. The monoisotopic (exact) mass is 408 g/mol. The molecule has 1 amide bonds. The van der Waals surface area contributed by atoms with Crippen LogP contribution in [0.2, 0.25) is 0 Å². The molecule has 6 nitrogen and oxygen atoms in total. The van der Waals surface area contributed by atoms with Crippen molar-refractivity contribution in [3.63, 3.8) is 0 Å². The van der Waals surface area contributed by atoms with Gasteiger partial charge in [0.15, 0.2) is 5.75 Å². The summed E-state index contributed by atoms with van der Waals surface area (Å²) in [6.45, 7) is 0.411. The van der Waals surface area contributed by atoms with E-state index < -0.39 is 0 Å². The van der Waals surface area contributed by atoms with Gasteiger partial charge in [-0.1, -0.05) is 36.4 Å². The topological polar surface area (TPSA) is 79.9 Å². The van der Waals surface area contributed by atoms with Crippen molar-refractivity contribution in [3.05, 3.63) is 108 Å². The van der Waals surface area contributed by atoms with Crippen LogP contribution in [-0.2, 0) is 6.42 Å². The lowest BCUT2D eigenvalue weighted by Crippen LogP contribution is -2.28. The smallest absolute Gasteiger partial charge is 0.269 e. The number of benzene rings is 2. The summed E-state index contributed by atoms with van der Waals surface area (Å²) in [6, 6.07) is 26.2. The molecule has 2 heterocycles. The highest BCUT2D eigenvalue weighted by Crippen LogP contribution is 2.30. The lowest BCUT2D eigenvalue weighted by molar-refractivity contribution is 0.0947. The van der Waals surface area contributed by atoms with Gasteiger partial charge >= 0.3 is 0 Å². The summed E-state index contributed by atoms with van der Waals surface area (Å²) in [5.41, 5.74) is 2.13. The minimum atomic E-state index is -0.327. The van der Waals surface area contributed by atoms with Crippen LogP contribution in [0.15, 0.2) is 91.3 Å². The molecule has 2 aromatic carbocycles. The van der Waals surface area contributed by atoms with Gasteiger partial charge in [0.25, 0.3) is 5.91 Å². The van der Waals surface area contributed by atoms with Crippen molar-refractivity contribution in [1.82, 2.24) is 14.9 Å². The second-order valence-electron chi connectivity index (χ2n) is 6.77. The average Bonchev–Trinajstić information content (AvgIpc) is 3.25. The summed E-state index contributed by atoms with van der Waals surface area (Å²) in [5.74, 6) is 0.937. The Balaban J connectivity index is 1.60. The molecule has 0 saturated heterocycles. The molecule has 0 aliphatic heterocycles. The van der Waals surface area contributed by atoms with E-state index >= 15 is 0 Å². The number of ether oxygens (including phenoxy) is 1.